The van der Waals surface area contributed by atoms with Gasteiger partial charge in [0.2, 0.25) is 0 Å². The SMILES string of the molecule is CCCCc1cc(F)c(CCC2CCc3c(F)c(C4CCC(c5ccc(C#N)c(F)c5F)CC4)c(F)c(F)c3C2)c(F)c1. The molecule has 0 aliphatic heterocycles. The van der Waals surface area contributed by atoms with Crippen molar-refractivity contribution in [1.82, 2.24) is 0 Å². The summed E-state index contributed by atoms with van der Waals surface area (Å²) in [5.41, 5.74) is 0.206. The monoisotopic (exact) mass is 601 g/mol. The summed E-state index contributed by atoms with van der Waals surface area (Å²) in [5, 5.41) is 8.92. The summed E-state index contributed by atoms with van der Waals surface area (Å²) in [6.07, 6.45) is 4.81. The van der Waals surface area contributed by atoms with E-state index in [2.05, 4.69) is 0 Å². The second-order valence-electron chi connectivity index (χ2n) is 12.1. The number of benzene rings is 3. The van der Waals surface area contributed by atoms with E-state index in [1.165, 1.54) is 24.3 Å². The van der Waals surface area contributed by atoms with Crippen molar-refractivity contribution in [1.29, 1.82) is 5.26 Å². The molecule has 1 fully saturated rings. The highest BCUT2D eigenvalue weighted by molar-refractivity contribution is 5.41. The van der Waals surface area contributed by atoms with Crippen LogP contribution in [0.15, 0.2) is 24.3 Å². The van der Waals surface area contributed by atoms with Gasteiger partial charge in [0.25, 0.3) is 0 Å². The Morgan fingerprint density at radius 2 is 1.42 bits per heavy atom. The minimum atomic E-state index is -1.21. The summed E-state index contributed by atoms with van der Waals surface area (Å²) in [7, 11) is 0. The van der Waals surface area contributed by atoms with Gasteiger partial charge in [0.15, 0.2) is 23.3 Å². The first-order valence-corrected chi connectivity index (χ1v) is 15.2. The van der Waals surface area contributed by atoms with Crippen LogP contribution in [0.3, 0.4) is 0 Å². The first-order valence-electron chi connectivity index (χ1n) is 15.2. The number of aryl methyl sites for hydroxylation is 1. The number of hydrogen-bond acceptors (Lipinski definition) is 1. The van der Waals surface area contributed by atoms with Gasteiger partial charge in [0.1, 0.15) is 23.5 Å². The normalized spacial score (nSPS) is 20.1. The Morgan fingerprint density at radius 1 is 0.744 bits per heavy atom. The number of hydrogen-bond donors (Lipinski definition) is 0. The minimum Gasteiger partial charge on any atom is -0.207 e. The fourth-order valence-corrected chi connectivity index (χ4v) is 7.02. The van der Waals surface area contributed by atoms with Crippen molar-refractivity contribution >= 4 is 0 Å². The van der Waals surface area contributed by atoms with Crippen LogP contribution in [0.5, 0.6) is 0 Å². The Hall–Kier alpha value is -3.34. The van der Waals surface area contributed by atoms with Gasteiger partial charge in [-0.25, -0.2) is 30.7 Å². The summed E-state index contributed by atoms with van der Waals surface area (Å²) in [6.45, 7) is 2.00. The van der Waals surface area contributed by atoms with Crippen LogP contribution in [-0.4, -0.2) is 0 Å². The summed E-state index contributed by atoms with van der Waals surface area (Å²) in [4.78, 5) is 0. The van der Waals surface area contributed by atoms with Crippen LogP contribution in [-0.2, 0) is 25.7 Å². The average molecular weight is 602 g/mol. The Labute approximate surface area is 247 Å². The average Bonchev–Trinajstić information content (AvgIpc) is 3.00. The van der Waals surface area contributed by atoms with Crippen molar-refractivity contribution < 1.29 is 30.7 Å². The van der Waals surface area contributed by atoms with Gasteiger partial charge in [0, 0.05) is 11.1 Å². The maximum absolute atomic E-state index is 15.8. The third-order valence-corrected chi connectivity index (χ3v) is 9.49. The van der Waals surface area contributed by atoms with Crippen LogP contribution in [0.1, 0.15) is 109 Å². The molecule has 0 saturated heterocycles. The van der Waals surface area contributed by atoms with Crippen LogP contribution in [0.25, 0.3) is 0 Å². The fraction of sp³-hybridized carbons (Fsp3) is 0.457. The molecule has 0 amide bonds. The van der Waals surface area contributed by atoms with Gasteiger partial charge in [0.05, 0.1) is 5.56 Å². The lowest BCUT2D eigenvalue weighted by molar-refractivity contribution is 0.348. The van der Waals surface area contributed by atoms with E-state index in [0.717, 1.165) is 12.8 Å². The zero-order valence-electron chi connectivity index (χ0n) is 24.1. The molecule has 43 heavy (non-hydrogen) atoms. The minimum absolute atomic E-state index is 0.00493. The van der Waals surface area contributed by atoms with Crippen molar-refractivity contribution in [2.75, 3.05) is 0 Å². The van der Waals surface area contributed by atoms with Gasteiger partial charge < -0.3 is 0 Å². The molecule has 1 nitrogen and oxygen atoms in total. The maximum Gasteiger partial charge on any atom is 0.176 e. The van der Waals surface area contributed by atoms with Crippen molar-refractivity contribution in [3.63, 3.8) is 0 Å². The molecule has 2 aliphatic rings. The van der Waals surface area contributed by atoms with Gasteiger partial charge in [-0.05, 0) is 129 Å². The lowest BCUT2D eigenvalue weighted by atomic mass is 9.73. The molecule has 0 heterocycles. The molecule has 3 aromatic carbocycles. The third-order valence-electron chi connectivity index (χ3n) is 9.49. The molecule has 8 heteroatoms. The Balaban J connectivity index is 1.27. The highest BCUT2D eigenvalue weighted by atomic mass is 19.2. The lowest BCUT2D eigenvalue weighted by Gasteiger charge is -2.32. The number of halogens is 7. The van der Waals surface area contributed by atoms with E-state index in [1.54, 1.807) is 6.07 Å². The zero-order valence-corrected chi connectivity index (χ0v) is 24.1. The molecule has 5 rings (SSSR count). The molecule has 3 aromatic rings. The van der Waals surface area contributed by atoms with Crippen LogP contribution in [0.2, 0.25) is 0 Å². The van der Waals surface area contributed by atoms with E-state index >= 15 is 13.2 Å². The molecule has 0 radical (unpaired) electrons. The van der Waals surface area contributed by atoms with E-state index in [1.807, 2.05) is 6.92 Å². The van der Waals surface area contributed by atoms with Crippen LogP contribution < -0.4 is 0 Å². The predicted molar refractivity (Wildman–Crippen MR) is 150 cm³/mol. The number of fused-ring (bicyclic) bond motifs is 1. The molecule has 0 spiro atoms. The summed E-state index contributed by atoms with van der Waals surface area (Å²) < 4.78 is 105. The second kappa shape index (κ2) is 13.1. The largest absolute Gasteiger partial charge is 0.207 e. The maximum atomic E-state index is 15.8. The summed E-state index contributed by atoms with van der Waals surface area (Å²) in [5.74, 6) is -7.68. The fourth-order valence-electron chi connectivity index (χ4n) is 7.02. The first-order chi connectivity index (χ1) is 20.6. The van der Waals surface area contributed by atoms with Crippen molar-refractivity contribution in [2.24, 2.45) is 5.92 Å². The summed E-state index contributed by atoms with van der Waals surface area (Å²) >= 11 is 0. The highest BCUT2D eigenvalue weighted by Gasteiger charge is 2.35. The van der Waals surface area contributed by atoms with Crippen molar-refractivity contribution in [2.45, 2.75) is 95.8 Å². The lowest BCUT2D eigenvalue weighted by Crippen LogP contribution is -2.23. The molecule has 228 valence electrons. The topological polar surface area (TPSA) is 23.8 Å². The Kier molecular flexibility index (Phi) is 9.48. The second-order valence-corrected chi connectivity index (χ2v) is 12.1. The van der Waals surface area contributed by atoms with E-state index in [0.29, 0.717) is 37.7 Å². The number of nitriles is 1. The molecule has 1 unspecified atom stereocenters. The standard InChI is InChI=1S/C35H34F7N/c1-2-3-4-20-16-28(36)26(29(37)17-20)13-6-19-5-12-25-27(15-19)34(41)35(42)30(32(25)39)22-9-7-21(8-10-22)24-14-11-23(18-43)31(38)33(24)40/h11,14,16-17,19,21-22H,2-10,12-13,15H2,1H3. The van der Waals surface area contributed by atoms with Crippen LogP contribution >= 0.6 is 0 Å². The van der Waals surface area contributed by atoms with Crippen LogP contribution in [0.4, 0.5) is 30.7 Å². The van der Waals surface area contributed by atoms with Crippen molar-refractivity contribution in [3.05, 3.63) is 104 Å². The van der Waals surface area contributed by atoms with Gasteiger partial charge in [-0.3, -0.25) is 0 Å². The smallest absolute Gasteiger partial charge is 0.176 e. The van der Waals surface area contributed by atoms with E-state index in [4.69, 9.17) is 5.26 Å². The molecular formula is C35H34F7N. The predicted octanol–water partition coefficient (Wildman–Crippen LogP) is 10.1. The molecule has 1 atom stereocenters. The number of unbranched alkanes of at least 4 members (excludes halogenated alkanes) is 1. The zero-order chi connectivity index (χ0) is 30.8. The molecular weight excluding hydrogens is 567 g/mol. The molecule has 0 aromatic heterocycles. The van der Waals surface area contributed by atoms with E-state index < -0.39 is 46.6 Å². The molecule has 1 saturated carbocycles. The highest BCUT2D eigenvalue weighted by Crippen LogP contribution is 2.45. The quantitative estimate of drug-likeness (QED) is 0.186. The number of rotatable bonds is 8. The Bertz CT molecular complexity index is 1530. The molecule has 2 aliphatic carbocycles. The van der Waals surface area contributed by atoms with Crippen LogP contribution in [0, 0.1) is 58.0 Å². The number of nitrogens with zero attached hydrogens (tertiary/aromatic N) is 1. The third kappa shape index (κ3) is 6.18. The van der Waals surface area contributed by atoms with Gasteiger partial charge in [-0.2, -0.15) is 5.26 Å². The molecule has 0 bridgehead atoms. The van der Waals surface area contributed by atoms with Gasteiger partial charge >= 0.3 is 0 Å². The van der Waals surface area contributed by atoms with Crippen molar-refractivity contribution in [3.8, 4) is 6.07 Å². The molecule has 0 N–H and O–H groups in total. The van der Waals surface area contributed by atoms with E-state index in [-0.39, 0.29) is 77.3 Å². The van der Waals surface area contributed by atoms with E-state index in [9.17, 15) is 17.6 Å². The summed E-state index contributed by atoms with van der Waals surface area (Å²) in [6, 6.07) is 6.93. The Morgan fingerprint density at radius 3 is 2.07 bits per heavy atom. The van der Waals surface area contributed by atoms with Gasteiger partial charge in [-0.1, -0.05) is 19.4 Å². The van der Waals surface area contributed by atoms with Gasteiger partial charge in [-0.15, -0.1) is 0 Å². The first kappa shape index (κ1) is 31.1.